The van der Waals surface area contributed by atoms with Gasteiger partial charge in [-0.1, -0.05) is 17.7 Å². The van der Waals surface area contributed by atoms with Crippen LogP contribution in [-0.2, 0) is 9.53 Å². The summed E-state index contributed by atoms with van der Waals surface area (Å²) >= 11 is 0. The molecule has 0 spiro atoms. The van der Waals surface area contributed by atoms with Gasteiger partial charge in [-0.05, 0) is 56.7 Å². The van der Waals surface area contributed by atoms with Crippen molar-refractivity contribution in [1.82, 2.24) is 0 Å². The maximum atomic E-state index is 12.4. The van der Waals surface area contributed by atoms with Crippen LogP contribution in [0, 0.1) is 25.2 Å². The van der Waals surface area contributed by atoms with E-state index in [1.165, 1.54) is 0 Å². The average molecular weight is 337 g/mol. The van der Waals surface area contributed by atoms with E-state index in [1.807, 2.05) is 32.0 Å². The predicted molar refractivity (Wildman–Crippen MR) is 92.5 cm³/mol. The summed E-state index contributed by atoms with van der Waals surface area (Å²) in [6, 6.07) is 13.9. The van der Waals surface area contributed by atoms with Gasteiger partial charge in [0.25, 0.3) is 0 Å². The Hall–Kier alpha value is -3.13. The first-order valence-electron chi connectivity index (χ1n) is 7.84. The highest BCUT2D eigenvalue weighted by Crippen LogP contribution is 2.15. The lowest BCUT2D eigenvalue weighted by atomic mass is 9.99. The molecule has 0 saturated carbocycles. The summed E-state index contributed by atoms with van der Waals surface area (Å²) in [6.07, 6.45) is -0.891. The van der Waals surface area contributed by atoms with Crippen molar-refractivity contribution in [3.05, 3.63) is 64.7 Å². The smallest absolute Gasteiger partial charge is 0.344 e. The van der Waals surface area contributed by atoms with Crippen LogP contribution in [0.15, 0.2) is 42.5 Å². The normalized spacial score (nSPS) is 11.3. The van der Waals surface area contributed by atoms with Crippen molar-refractivity contribution in [3.8, 4) is 11.8 Å². The van der Waals surface area contributed by atoms with Gasteiger partial charge in [-0.2, -0.15) is 5.26 Å². The number of aryl methyl sites for hydroxylation is 2. The molecule has 0 unspecified atom stereocenters. The predicted octanol–water partition coefficient (Wildman–Crippen LogP) is 3.37. The quantitative estimate of drug-likeness (QED) is 0.597. The molecule has 0 fully saturated rings. The van der Waals surface area contributed by atoms with Crippen LogP contribution in [0.5, 0.6) is 5.75 Å². The number of carbonyl (C=O) groups is 2. The average Bonchev–Trinajstić information content (AvgIpc) is 2.61. The Kier molecular flexibility index (Phi) is 5.91. The van der Waals surface area contributed by atoms with E-state index in [0.29, 0.717) is 16.9 Å². The fourth-order valence-corrected chi connectivity index (χ4v) is 2.27. The van der Waals surface area contributed by atoms with Gasteiger partial charge >= 0.3 is 5.97 Å². The van der Waals surface area contributed by atoms with E-state index in [9.17, 15) is 9.59 Å². The molecule has 0 amide bonds. The Morgan fingerprint density at radius 2 is 1.80 bits per heavy atom. The molecule has 25 heavy (non-hydrogen) atoms. The first-order valence-corrected chi connectivity index (χ1v) is 7.84. The molecule has 0 radical (unpaired) electrons. The van der Waals surface area contributed by atoms with Crippen LogP contribution in [0.3, 0.4) is 0 Å². The Labute approximate surface area is 146 Å². The highest BCUT2D eigenvalue weighted by Gasteiger charge is 2.21. The summed E-state index contributed by atoms with van der Waals surface area (Å²) in [6.45, 7) is 4.98. The Morgan fingerprint density at radius 1 is 1.12 bits per heavy atom. The summed E-state index contributed by atoms with van der Waals surface area (Å²) in [5, 5.41) is 8.73. The molecule has 5 heteroatoms. The van der Waals surface area contributed by atoms with Crippen LogP contribution in [0.4, 0.5) is 0 Å². The summed E-state index contributed by atoms with van der Waals surface area (Å²) in [4.78, 5) is 24.3. The van der Waals surface area contributed by atoms with Crippen molar-refractivity contribution >= 4 is 11.8 Å². The molecule has 1 atom stereocenters. The molecule has 0 N–H and O–H groups in total. The van der Waals surface area contributed by atoms with Gasteiger partial charge in [0.15, 0.2) is 12.7 Å². The van der Waals surface area contributed by atoms with Gasteiger partial charge in [0, 0.05) is 5.56 Å². The van der Waals surface area contributed by atoms with E-state index in [2.05, 4.69) is 0 Å². The van der Waals surface area contributed by atoms with Gasteiger partial charge in [0.05, 0.1) is 11.6 Å². The molecular weight excluding hydrogens is 318 g/mol. The van der Waals surface area contributed by atoms with Crippen molar-refractivity contribution in [2.75, 3.05) is 6.61 Å². The van der Waals surface area contributed by atoms with Crippen LogP contribution >= 0.6 is 0 Å². The first-order chi connectivity index (χ1) is 11.9. The lowest BCUT2D eigenvalue weighted by Crippen LogP contribution is -2.27. The zero-order chi connectivity index (χ0) is 18.4. The summed E-state index contributed by atoms with van der Waals surface area (Å²) < 4.78 is 10.5. The van der Waals surface area contributed by atoms with Crippen molar-refractivity contribution in [2.24, 2.45) is 0 Å². The van der Waals surface area contributed by atoms with E-state index < -0.39 is 12.1 Å². The second kappa shape index (κ2) is 8.11. The highest BCUT2D eigenvalue weighted by atomic mass is 16.6. The third kappa shape index (κ3) is 4.92. The summed E-state index contributed by atoms with van der Waals surface area (Å²) in [7, 11) is 0. The number of Topliss-reactive ketones (excluding diaryl/α,β-unsaturated/α-hetero) is 1. The third-order valence-corrected chi connectivity index (χ3v) is 3.68. The van der Waals surface area contributed by atoms with E-state index in [-0.39, 0.29) is 12.4 Å². The van der Waals surface area contributed by atoms with E-state index in [1.54, 1.807) is 37.3 Å². The molecule has 0 aliphatic rings. The number of carbonyl (C=O) groups excluding carboxylic acids is 2. The minimum Gasteiger partial charge on any atom is -0.482 e. The number of rotatable bonds is 6. The van der Waals surface area contributed by atoms with Crippen molar-refractivity contribution < 1.29 is 19.1 Å². The van der Waals surface area contributed by atoms with Gasteiger partial charge in [-0.25, -0.2) is 4.79 Å². The Balaban J connectivity index is 1.91. The van der Waals surface area contributed by atoms with Crippen LogP contribution in [0.25, 0.3) is 0 Å². The third-order valence-electron chi connectivity index (χ3n) is 3.68. The van der Waals surface area contributed by atoms with E-state index >= 15 is 0 Å². The van der Waals surface area contributed by atoms with Crippen molar-refractivity contribution in [1.29, 1.82) is 5.26 Å². The maximum Gasteiger partial charge on any atom is 0.344 e. The SMILES string of the molecule is Cc1ccc(C)c(C(=O)[C@H](C)OC(=O)COc2ccc(C#N)cc2)c1. The first kappa shape index (κ1) is 18.2. The fraction of sp³-hybridized carbons (Fsp3) is 0.250. The molecule has 2 rings (SSSR count). The highest BCUT2D eigenvalue weighted by molar-refractivity contribution is 6.01. The van der Waals surface area contributed by atoms with Crippen molar-refractivity contribution in [3.63, 3.8) is 0 Å². The van der Waals surface area contributed by atoms with Crippen molar-refractivity contribution in [2.45, 2.75) is 26.9 Å². The minimum absolute atomic E-state index is 0.243. The van der Waals surface area contributed by atoms with Crippen LogP contribution in [0.1, 0.15) is 34.0 Å². The van der Waals surface area contributed by atoms with E-state index in [4.69, 9.17) is 14.7 Å². The molecule has 128 valence electrons. The van der Waals surface area contributed by atoms with Gasteiger partial charge < -0.3 is 9.47 Å². The van der Waals surface area contributed by atoms with Gasteiger partial charge in [0.1, 0.15) is 5.75 Å². The number of benzene rings is 2. The minimum atomic E-state index is -0.891. The van der Waals surface area contributed by atoms with Gasteiger partial charge in [-0.3, -0.25) is 4.79 Å². The molecule has 5 nitrogen and oxygen atoms in total. The molecular formula is C20H19NO4. The molecule has 0 saturated heterocycles. The molecule has 0 aromatic heterocycles. The lowest BCUT2D eigenvalue weighted by molar-refractivity contribution is -0.148. The molecule has 2 aromatic rings. The molecule has 2 aromatic carbocycles. The molecule has 0 bridgehead atoms. The number of hydrogen-bond acceptors (Lipinski definition) is 5. The monoisotopic (exact) mass is 337 g/mol. The number of nitrogens with zero attached hydrogens (tertiary/aromatic N) is 1. The summed E-state index contributed by atoms with van der Waals surface area (Å²) in [5.74, 6) is -0.423. The second-order valence-electron chi connectivity index (χ2n) is 5.74. The summed E-state index contributed by atoms with van der Waals surface area (Å²) in [5.41, 5.74) is 2.86. The molecule has 0 heterocycles. The zero-order valence-corrected chi connectivity index (χ0v) is 14.4. The second-order valence-corrected chi connectivity index (χ2v) is 5.74. The number of ketones is 1. The van der Waals surface area contributed by atoms with Crippen LogP contribution < -0.4 is 4.74 Å². The fourth-order valence-electron chi connectivity index (χ4n) is 2.27. The Morgan fingerprint density at radius 3 is 2.44 bits per heavy atom. The number of esters is 1. The number of ether oxygens (including phenoxy) is 2. The largest absolute Gasteiger partial charge is 0.482 e. The Bertz CT molecular complexity index is 819. The van der Waals surface area contributed by atoms with Crippen LogP contribution in [-0.4, -0.2) is 24.5 Å². The van der Waals surface area contributed by atoms with Crippen LogP contribution in [0.2, 0.25) is 0 Å². The number of nitriles is 1. The topological polar surface area (TPSA) is 76.4 Å². The zero-order valence-electron chi connectivity index (χ0n) is 14.4. The molecule has 0 aliphatic heterocycles. The standard InChI is InChI=1S/C20H19NO4/c1-13-4-5-14(2)18(10-13)20(23)15(3)25-19(22)12-24-17-8-6-16(11-21)7-9-17/h4-10,15H,12H2,1-3H3/t15-/m0/s1. The molecule has 0 aliphatic carbocycles. The van der Waals surface area contributed by atoms with Gasteiger partial charge in [0.2, 0.25) is 5.78 Å². The maximum absolute atomic E-state index is 12.4. The lowest BCUT2D eigenvalue weighted by Gasteiger charge is -2.14. The number of hydrogen-bond donors (Lipinski definition) is 0. The van der Waals surface area contributed by atoms with E-state index in [0.717, 1.165) is 11.1 Å². The van der Waals surface area contributed by atoms with Gasteiger partial charge in [-0.15, -0.1) is 0 Å².